The molecule has 9 nitrogen and oxygen atoms in total. The molecular weight excluding hydrogens is 466 g/mol. The lowest BCUT2D eigenvalue weighted by molar-refractivity contribution is -0.384. The van der Waals surface area contributed by atoms with Gasteiger partial charge in [-0.25, -0.2) is 10.4 Å². The van der Waals surface area contributed by atoms with Crippen LogP contribution in [-0.4, -0.2) is 31.8 Å². The maximum atomic E-state index is 13.3. The highest BCUT2D eigenvalue weighted by Crippen LogP contribution is 2.23. The Bertz CT molecular complexity index is 1510. The zero-order chi connectivity index (χ0) is 24.9. The van der Waals surface area contributed by atoms with Crippen molar-refractivity contribution >= 4 is 40.0 Å². The predicted octanol–water partition coefficient (Wildman–Crippen LogP) is 4.23. The molecule has 4 rings (SSSR count). The average molecular weight is 488 g/mol. The van der Waals surface area contributed by atoms with Crippen molar-refractivity contribution in [2.24, 2.45) is 5.10 Å². The standard InChI is InChI=1S/C25H21N5O4S/c1-16-7-3-6-10-22(16)29-24(32)20-8-4-5-9-21(20)26-25(29)35-15-23(31)28-27-17(2)18-11-13-19(14-12-18)30(33)34/h3-14H,15H2,1-2H3,(H,28,31)/b27-17+. The fourth-order valence-corrected chi connectivity index (χ4v) is 4.23. The van der Waals surface area contributed by atoms with E-state index >= 15 is 0 Å². The van der Waals surface area contributed by atoms with Crippen LogP contribution in [0.15, 0.2) is 87.8 Å². The molecule has 0 atom stereocenters. The highest BCUT2D eigenvalue weighted by molar-refractivity contribution is 7.99. The zero-order valence-corrected chi connectivity index (χ0v) is 19.8. The number of benzene rings is 3. The van der Waals surface area contributed by atoms with Gasteiger partial charge in [-0.2, -0.15) is 5.10 Å². The lowest BCUT2D eigenvalue weighted by Crippen LogP contribution is -2.25. The van der Waals surface area contributed by atoms with E-state index in [0.717, 1.165) is 17.3 Å². The number of hydrazone groups is 1. The molecule has 0 unspecified atom stereocenters. The number of amides is 1. The number of rotatable bonds is 7. The highest BCUT2D eigenvalue weighted by atomic mass is 32.2. The second-order valence-corrected chi connectivity index (χ2v) is 8.61. The van der Waals surface area contributed by atoms with Crippen molar-refractivity contribution in [1.29, 1.82) is 0 Å². The van der Waals surface area contributed by atoms with Crippen LogP contribution in [0.4, 0.5) is 5.69 Å². The maximum Gasteiger partial charge on any atom is 0.269 e. The summed E-state index contributed by atoms with van der Waals surface area (Å²) in [5.41, 5.74) is 5.56. The number of carbonyl (C=O) groups is 1. The lowest BCUT2D eigenvalue weighted by atomic mass is 10.1. The van der Waals surface area contributed by atoms with Gasteiger partial charge in [0.2, 0.25) is 0 Å². The van der Waals surface area contributed by atoms with Gasteiger partial charge < -0.3 is 0 Å². The topological polar surface area (TPSA) is 119 Å². The van der Waals surface area contributed by atoms with E-state index < -0.39 is 4.92 Å². The molecule has 1 amide bonds. The Balaban J connectivity index is 1.55. The molecule has 3 aromatic carbocycles. The van der Waals surface area contributed by atoms with E-state index in [9.17, 15) is 19.7 Å². The van der Waals surface area contributed by atoms with E-state index in [-0.39, 0.29) is 22.9 Å². The first-order valence-corrected chi connectivity index (χ1v) is 11.6. The van der Waals surface area contributed by atoms with Gasteiger partial charge in [-0.1, -0.05) is 42.1 Å². The van der Waals surface area contributed by atoms with Crippen LogP contribution in [0.1, 0.15) is 18.1 Å². The Morgan fingerprint density at radius 2 is 1.77 bits per heavy atom. The molecule has 0 aliphatic rings. The molecule has 0 bridgehead atoms. The number of non-ortho nitro benzene ring substituents is 1. The largest absolute Gasteiger partial charge is 0.272 e. The zero-order valence-electron chi connectivity index (χ0n) is 19.0. The molecule has 0 saturated heterocycles. The Morgan fingerprint density at radius 1 is 1.09 bits per heavy atom. The van der Waals surface area contributed by atoms with E-state index in [0.29, 0.717) is 33.0 Å². The quantitative estimate of drug-likeness (QED) is 0.137. The number of nitrogens with one attached hydrogen (secondary N) is 1. The second-order valence-electron chi connectivity index (χ2n) is 7.66. The third-order valence-corrected chi connectivity index (χ3v) is 6.22. The maximum absolute atomic E-state index is 13.3. The van der Waals surface area contributed by atoms with Crippen molar-refractivity contribution in [3.63, 3.8) is 0 Å². The summed E-state index contributed by atoms with van der Waals surface area (Å²) in [5.74, 6) is -0.400. The van der Waals surface area contributed by atoms with Crippen LogP contribution >= 0.6 is 11.8 Å². The second kappa shape index (κ2) is 10.3. The molecule has 0 fully saturated rings. The number of fused-ring (bicyclic) bond motifs is 1. The molecule has 10 heteroatoms. The average Bonchev–Trinajstić information content (AvgIpc) is 2.87. The summed E-state index contributed by atoms with van der Waals surface area (Å²) < 4.78 is 1.53. The van der Waals surface area contributed by atoms with Crippen molar-refractivity contribution in [2.75, 3.05) is 5.75 Å². The molecule has 0 saturated carbocycles. The van der Waals surface area contributed by atoms with Crippen LogP contribution < -0.4 is 11.0 Å². The molecule has 176 valence electrons. The molecule has 1 N–H and O–H groups in total. The molecule has 0 aliphatic heterocycles. The summed E-state index contributed by atoms with van der Waals surface area (Å²) in [7, 11) is 0. The molecule has 1 aromatic heterocycles. The number of hydrogen-bond acceptors (Lipinski definition) is 7. The molecule has 0 aliphatic carbocycles. The van der Waals surface area contributed by atoms with E-state index in [2.05, 4.69) is 15.5 Å². The van der Waals surface area contributed by atoms with Gasteiger partial charge in [0.1, 0.15) is 0 Å². The smallest absolute Gasteiger partial charge is 0.269 e. The first kappa shape index (κ1) is 23.8. The summed E-state index contributed by atoms with van der Waals surface area (Å²) >= 11 is 1.14. The first-order valence-electron chi connectivity index (χ1n) is 10.6. The summed E-state index contributed by atoms with van der Waals surface area (Å²) in [6.07, 6.45) is 0. The fraction of sp³-hybridized carbons (Fsp3) is 0.120. The minimum absolute atomic E-state index is 0.0201. The number of nitro benzene ring substituents is 1. The van der Waals surface area contributed by atoms with Crippen LogP contribution in [-0.2, 0) is 4.79 Å². The fourth-order valence-electron chi connectivity index (χ4n) is 3.43. The molecular formula is C25H21N5O4S. The molecule has 4 aromatic rings. The van der Waals surface area contributed by atoms with Gasteiger partial charge >= 0.3 is 0 Å². The number of hydrogen-bond donors (Lipinski definition) is 1. The molecule has 1 heterocycles. The minimum atomic E-state index is -0.480. The Kier molecular flexibility index (Phi) is 7.02. The summed E-state index contributed by atoms with van der Waals surface area (Å²) in [6, 6.07) is 20.5. The Hall–Kier alpha value is -4.31. The number of carbonyl (C=O) groups excluding carboxylic acids is 1. The van der Waals surface area contributed by atoms with Crippen LogP contribution in [0.3, 0.4) is 0 Å². The van der Waals surface area contributed by atoms with Gasteiger partial charge in [-0.05, 0) is 55.3 Å². The normalized spacial score (nSPS) is 11.4. The Morgan fingerprint density at radius 3 is 2.49 bits per heavy atom. The van der Waals surface area contributed by atoms with Crippen LogP contribution in [0.5, 0.6) is 0 Å². The van der Waals surface area contributed by atoms with E-state index in [1.807, 2.05) is 37.3 Å². The summed E-state index contributed by atoms with van der Waals surface area (Å²) in [4.78, 5) is 40.8. The number of nitro groups is 1. The van der Waals surface area contributed by atoms with Crippen LogP contribution in [0.2, 0.25) is 0 Å². The third kappa shape index (κ3) is 5.28. The van der Waals surface area contributed by atoms with Gasteiger partial charge in [-0.3, -0.25) is 24.3 Å². The number of aromatic nitrogens is 2. The Labute approximate surface area is 204 Å². The van der Waals surface area contributed by atoms with Crippen molar-refractivity contribution in [3.05, 3.63) is 104 Å². The van der Waals surface area contributed by atoms with Crippen molar-refractivity contribution < 1.29 is 9.72 Å². The van der Waals surface area contributed by atoms with Gasteiger partial charge in [-0.15, -0.1) is 0 Å². The van der Waals surface area contributed by atoms with Gasteiger partial charge in [0.25, 0.3) is 17.2 Å². The van der Waals surface area contributed by atoms with E-state index in [1.54, 1.807) is 37.3 Å². The van der Waals surface area contributed by atoms with E-state index in [1.165, 1.54) is 16.7 Å². The summed E-state index contributed by atoms with van der Waals surface area (Å²) in [6.45, 7) is 3.60. The van der Waals surface area contributed by atoms with Crippen molar-refractivity contribution in [2.45, 2.75) is 19.0 Å². The van der Waals surface area contributed by atoms with Crippen molar-refractivity contribution in [1.82, 2.24) is 15.0 Å². The van der Waals surface area contributed by atoms with Gasteiger partial charge in [0.15, 0.2) is 5.16 Å². The number of aryl methyl sites for hydroxylation is 1. The van der Waals surface area contributed by atoms with Gasteiger partial charge in [0, 0.05) is 12.1 Å². The van der Waals surface area contributed by atoms with Crippen LogP contribution in [0.25, 0.3) is 16.6 Å². The monoisotopic (exact) mass is 487 g/mol. The molecule has 35 heavy (non-hydrogen) atoms. The SMILES string of the molecule is C/C(=N\NC(=O)CSc1nc2ccccc2c(=O)n1-c1ccccc1C)c1ccc([N+](=O)[O-])cc1. The molecule has 0 spiro atoms. The molecule has 0 radical (unpaired) electrons. The number of thioether (sulfide) groups is 1. The predicted molar refractivity (Wildman–Crippen MR) is 136 cm³/mol. The van der Waals surface area contributed by atoms with Crippen molar-refractivity contribution in [3.8, 4) is 5.69 Å². The van der Waals surface area contributed by atoms with Gasteiger partial charge in [0.05, 0.1) is 33.0 Å². The lowest BCUT2D eigenvalue weighted by Gasteiger charge is -2.14. The van der Waals surface area contributed by atoms with Crippen LogP contribution in [0, 0.1) is 17.0 Å². The third-order valence-electron chi connectivity index (χ3n) is 5.28. The minimum Gasteiger partial charge on any atom is -0.272 e. The summed E-state index contributed by atoms with van der Waals surface area (Å²) in [5, 5.41) is 15.8. The number of nitrogens with zero attached hydrogens (tertiary/aromatic N) is 4. The number of para-hydroxylation sites is 2. The highest BCUT2D eigenvalue weighted by Gasteiger charge is 2.16. The first-order chi connectivity index (χ1) is 16.8. The van der Waals surface area contributed by atoms with E-state index in [4.69, 9.17) is 0 Å².